The van der Waals surface area contributed by atoms with Gasteiger partial charge in [0.1, 0.15) is 5.15 Å². The van der Waals surface area contributed by atoms with Crippen LogP contribution in [0.1, 0.15) is 10.8 Å². The van der Waals surface area contributed by atoms with E-state index in [4.69, 9.17) is 22.1 Å². The Morgan fingerprint density at radius 1 is 1.64 bits per heavy atom. The van der Waals surface area contributed by atoms with Crippen molar-refractivity contribution in [1.82, 2.24) is 4.98 Å². The SMILES string of the molecule is COc1nc(Cl)c(C(CN)C(F)F)s1. The molecule has 0 aromatic carbocycles. The van der Waals surface area contributed by atoms with Crippen LogP contribution in [-0.2, 0) is 0 Å². The monoisotopic (exact) mass is 242 g/mol. The number of alkyl halides is 2. The van der Waals surface area contributed by atoms with E-state index in [1.165, 1.54) is 7.11 Å². The zero-order valence-corrected chi connectivity index (χ0v) is 8.91. The number of nitrogens with two attached hydrogens (primary N) is 1. The minimum atomic E-state index is -2.54. The van der Waals surface area contributed by atoms with Gasteiger partial charge in [-0.1, -0.05) is 22.9 Å². The second-order valence-electron chi connectivity index (χ2n) is 2.52. The summed E-state index contributed by atoms with van der Waals surface area (Å²) in [6, 6.07) is 0. The number of nitrogens with zero attached hydrogens (tertiary/aromatic N) is 1. The molecule has 80 valence electrons. The lowest BCUT2D eigenvalue weighted by atomic mass is 10.1. The number of aromatic nitrogens is 1. The molecule has 0 saturated heterocycles. The predicted octanol–water partition coefficient (Wildman–Crippen LogP) is 2.11. The van der Waals surface area contributed by atoms with Crippen LogP contribution in [0.25, 0.3) is 0 Å². The summed E-state index contributed by atoms with van der Waals surface area (Å²) in [5, 5.41) is 0.312. The molecule has 1 rings (SSSR count). The third kappa shape index (κ3) is 2.31. The summed E-state index contributed by atoms with van der Waals surface area (Å²) >= 11 is 6.67. The molecule has 0 aliphatic rings. The molecule has 3 nitrogen and oxygen atoms in total. The second kappa shape index (κ2) is 4.86. The average molecular weight is 243 g/mol. The van der Waals surface area contributed by atoms with E-state index in [1.54, 1.807) is 0 Å². The van der Waals surface area contributed by atoms with E-state index in [0.29, 0.717) is 0 Å². The van der Waals surface area contributed by atoms with Crippen LogP contribution >= 0.6 is 22.9 Å². The van der Waals surface area contributed by atoms with E-state index < -0.39 is 12.3 Å². The van der Waals surface area contributed by atoms with Gasteiger partial charge in [0.15, 0.2) is 0 Å². The zero-order chi connectivity index (χ0) is 10.7. The van der Waals surface area contributed by atoms with Crippen LogP contribution in [0.15, 0.2) is 0 Å². The van der Waals surface area contributed by atoms with Crippen LogP contribution in [-0.4, -0.2) is 25.1 Å². The summed E-state index contributed by atoms with van der Waals surface area (Å²) in [6.07, 6.45) is -2.54. The number of halogens is 3. The summed E-state index contributed by atoms with van der Waals surface area (Å²) in [7, 11) is 1.40. The van der Waals surface area contributed by atoms with Crippen LogP contribution in [0.5, 0.6) is 5.19 Å². The first-order chi connectivity index (χ1) is 6.60. The number of hydrogen-bond donors (Lipinski definition) is 1. The van der Waals surface area contributed by atoms with Crippen molar-refractivity contribution in [3.8, 4) is 5.19 Å². The fraction of sp³-hybridized carbons (Fsp3) is 0.571. The second-order valence-corrected chi connectivity index (χ2v) is 3.87. The van der Waals surface area contributed by atoms with E-state index >= 15 is 0 Å². The van der Waals surface area contributed by atoms with Crippen molar-refractivity contribution in [1.29, 1.82) is 0 Å². The van der Waals surface area contributed by atoms with Crippen molar-refractivity contribution in [2.75, 3.05) is 13.7 Å². The highest BCUT2D eigenvalue weighted by Gasteiger charge is 2.26. The molecule has 1 aromatic heterocycles. The first-order valence-electron chi connectivity index (χ1n) is 3.78. The number of methoxy groups -OCH3 is 1. The maximum Gasteiger partial charge on any atom is 0.274 e. The van der Waals surface area contributed by atoms with Crippen molar-refractivity contribution in [3.63, 3.8) is 0 Å². The van der Waals surface area contributed by atoms with Gasteiger partial charge in [0.05, 0.1) is 17.9 Å². The van der Waals surface area contributed by atoms with Crippen molar-refractivity contribution in [2.24, 2.45) is 5.73 Å². The standard InChI is InChI=1S/C7H9ClF2N2OS/c1-13-7-12-5(8)4(14-7)3(2-11)6(9)10/h3,6H,2,11H2,1H3. The number of ether oxygens (including phenoxy) is 1. The Morgan fingerprint density at radius 2 is 2.29 bits per heavy atom. The Balaban J connectivity index is 2.97. The summed E-state index contributed by atoms with van der Waals surface area (Å²) in [4.78, 5) is 4.03. The molecule has 0 saturated carbocycles. The summed E-state index contributed by atoms with van der Waals surface area (Å²) in [5.74, 6) is -1.07. The quantitative estimate of drug-likeness (QED) is 0.880. The topological polar surface area (TPSA) is 48.1 Å². The van der Waals surface area contributed by atoms with Gasteiger partial charge in [-0.15, -0.1) is 0 Å². The van der Waals surface area contributed by atoms with Crippen LogP contribution in [0, 0.1) is 0 Å². The van der Waals surface area contributed by atoms with E-state index in [-0.39, 0.29) is 21.8 Å². The number of rotatable bonds is 4. The highest BCUT2D eigenvalue weighted by atomic mass is 35.5. The largest absolute Gasteiger partial charge is 0.473 e. The van der Waals surface area contributed by atoms with Crippen LogP contribution in [0.4, 0.5) is 8.78 Å². The Bertz CT molecular complexity index is 308. The molecule has 1 heterocycles. The molecule has 0 spiro atoms. The summed E-state index contributed by atoms with van der Waals surface area (Å²) < 4.78 is 29.7. The minimum absolute atomic E-state index is 0.0441. The lowest BCUT2D eigenvalue weighted by Crippen LogP contribution is -2.18. The maximum atomic E-state index is 12.5. The maximum absolute atomic E-state index is 12.5. The fourth-order valence-electron chi connectivity index (χ4n) is 0.935. The van der Waals surface area contributed by atoms with Crippen molar-refractivity contribution in [2.45, 2.75) is 12.3 Å². The van der Waals surface area contributed by atoms with Gasteiger partial charge in [0.2, 0.25) is 6.43 Å². The van der Waals surface area contributed by atoms with E-state index in [9.17, 15) is 8.78 Å². The normalized spacial score (nSPS) is 13.3. The van der Waals surface area contributed by atoms with Gasteiger partial charge in [-0.3, -0.25) is 0 Å². The van der Waals surface area contributed by atoms with Gasteiger partial charge in [-0.05, 0) is 0 Å². The summed E-state index contributed by atoms with van der Waals surface area (Å²) in [6.45, 7) is -0.164. The summed E-state index contributed by atoms with van der Waals surface area (Å²) in [5.41, 5.74) is 5.22. The molecular formula is C7H9ClF2N2OS. The smallest absolute Gasteiger partial charge is 0.274 e. The zero-order valence-electron chi connectivity index (χ0n) is 7.34. The third-order valence-electron chi connectivity index (χ3n) is 1.66. The van der Waals surface area contributed by atoms with Gasteiger partial charge in [0, 0.05) is 6.54 Å². The molecule has 0 bridgehead atoms. The first kappa shape index (κ1) is 11.6. The van der Waals surface area contributed by atoms with Crippen molar-refractivity contribution < 1.29 is 13.5 Å². The Morgan fingerprint density at radius 3 is 2.64 bits per heavy atom. The van der Waals surface area contributed by atoms with Gasteiger partial charge < -0.3 is 10.5 Å². The first-order valence-corrected chi connectivity index (χ1v) is 4.98. The highest BCUT2D eigenvalue weighted by Crippen LogP contribution is 2.36. The molecule has 0 aliphatic heterocycles. The number of thiazole rings is 1. The van der Waals surface area contributed by atoms with Gasteiger partial charge in [-0.25, -0.2) is 8.78 Å². The van der Waals surface area contributed by atoms with Crippen LogP contribution in [0.3, 0.4) is 0 Å². The molecule has 2 N–H and O–H groups in total. The lowest BCUT2D eigenvalue weighted by molar-refractivity contribution is 0.118. The van der Waals surface area contributed by atoms with Crippen molar-refractivity contribution in [3.05, 3.63) is 10.0 Å². The lowest BCUT2D eigenvalue weighted by Gasteiger charge is -2.10. The molecule has 7 heteroatoms. The Hall–Kier alpha value is -0.460. The highest BCUT2D eigenvalue weighted by molar-refractivity contribution is 7.14. The molecule has 1 atom stereocenters. The van der Waals surface area contributed by atoms with E-state index in [0.717, 1.165) is 11.3 Å². The van der Waals surface area contributed by atoms with E-state index in [1.807, 2.05) is 0 Å². The molecular weight excluding hydrogens is 234 g/mol. The van der Waals surface area contributed by atoms with E-state index in [2.05, 4.69) is 4.98 Å². The average Bonchev–Trinajstić information content (AvgIpc) is 2.48. The third-order valence-corrected chi connectivity index (χ3v) is 3.21. The molecule has 0 radical (unpaired) electrons. The molecule has 14 heavy (non-hydrogen) atoms. The van der Waals surface area contributed by atoms with Gasteiger partial charge in [-0.2, -0.15) is 4.98 Å². The van der Waals surface area contributed by atoms with Crippen molar-refractivity contribution >= 4 is 22.9 Å². The Labute approximate surface area is 88.8 Å². The van der Waals surface area contributed by atoms with Gasteiger partial charge in [0.25, 0.3) is 5.19 Å². The molecule has 0 amide bonds. The molecule has 0 fully saturated rings. The molecule has 1 aromatic rings. The number of hydrogen-bond acceptors (Lipinski definition) is 4. The van der Waals surface area contributed by atoms with Crippen LogP contribution in [0.2, 0.25) is 5.15 Å². The minimum Gasteiger partial charge on any atom is -0.473 e. The molecule has 0 aliphatic carbocycles. The van der Waals surface area contributed by atoms with Crippen LogP contribution < -0.4 is 10.5 Å². The van der Waals surface area contributed by atoms with Gasteiger partial charge >= 0.3 is 0 Å². The molecule has 1 unspecified atom stereocenters. The Kier molecular flexibility index (Phi) is 4.03. The fourth-order valence-corrected chi connectivity index (χ4v) is 2.21. The predicted molar refractivity (Wildman–Crippen MR) is 51.5 cm³/mol.